The average molecular weight is 394 g/mol. The molecule has 0 radical (unpaired) electrons. The molecule has 3 aromatic rings. The van der Waals surface area contributed by atoms with E-state index in [0.29, 0.717) is 16.5 Å². The molecule has 3 aromatic carbocycles. The second kappa shape index (κ2) is 6.40. The van der Waals surface area contributed by atoms with Gasteiger partial charge in [0.05, 0.1) is 0 Å². The van der Waals surface area contributed by atoms with Crippen LogP contribution in [0, 0.1) is 0 Å². The van der Waals surface area contributed by atoms with Crippen molar-refractivity contribution in [2.75, 3.05) is 5.32 Å². The number of nitrogens with one attached hydrogen (secondary N) is 1. The number of anilines is 1. The number of rotatable bonds is 1. The number of ketones is 1. The second-order valence-electron chi connectivity index (χ2n) is 7.14. The SMILES string of the molecule is O=C1CCCC2=C1C(c1ccc(Cl)cc1Cl)c1c(ccc3ccccc13)N2. The number of allylic oxidation sites excluding steroid dienone is 2. The van der Waals surface area contributed by atoms with Crippen LogP contribution in [0.25, 0.3) is 10.8 Å². The van der Waals surface area contributed by atoms with Crippen molar-refractivity contribution in [1.29, 1.82) is 0 Å². The first-order chi connectivity index (χ1) is 13.1. The van der Waals surface area contributed by atoms with Crippen LogP contribution in [0.5, 0.6) is 0 Å². The largest absolute Gasteiger partial charge is 0.358 e. The van der Waals surface area contributed by atoms with Crippen LogP contribution in [0.1, 0.15) is 36.3 Å². The number of halogens is 2. The Morgan fingerprint density at radius 1 is 0.963 bits per heavy atom. The van der Waals surface area contributed by atoms with E-state index in [1.807, 2.05) is 24.3 Å². The van der Waals surface area contributed by atoms with Crippen LogP contribution in [0.2, 0.25) is 10.0 Å². The van der Waals surface area contributed by atoms with E-state index >= 15 is 0 Å². The van der Waals surface area contributed by atoms with Gasteiger partial charge < -0.3 is 5.32 Å². The van der Waals surface area contributed by atoms with Crippen LogP contribution in [0.4, 0.5) is 5.69 Å². The monoisotopic (exact) mass is 393 g/mol. The summed E-state index contributed by atoms with van der Waals surface area (Å²) < 4.78 is 0. The molecule has 4 heteroatoms. The van der Waals surface area contributed by atoms with Gasteiger partial charge in [0.15, 0.2) is 5.78 Å². The van der Waals surface area contributed by atoms with Crippen molar-refractivity contribution in [3.05, 3.63) is 87.0 Å². The number of carbonyl (C=O) groups excluding carboxylic acids is 1. The normalized spacial score (nSPS) is 18.9. The fourth-order valence-electron chi connectivity index (χ4n) is 4.40. The number of Topliss-reactive ketones (excluding diaryl/α,β-unsaturated/α-hetero) is 1. The van der Waals surface area contributed by atoms with Crippen molar-refractivity contribution in [3.8, 4) is 0 Å². The number of hydrogen-bond acceptors (Lipinski definition) is 2. The summed E-state index contributed by atoms with van der Waals surface area (Å²) in [5.74, 6) is 0.0262. The predicted molar refractivity (Wildman–Crippen MR) is 112 cm³/mol. The summed E-state index contributed by atoms with van der Waals surface area (Å²) in [6.45, 7) is 0. The minimum Gasteiger partial charge on any atom is -0.358 e. The van der Waals surface area contributed by atoms with Gasteiger partial charge in [0, 0.05) is 39.3 Å². The maximum atomic E-state index is 13.0. The molecule has 0 amide bonds. The summed E-state index contributed by atoms with van der Waals surface area (Å²) in [4.78, 5) is 13.0. The van der Waals surface area contributed by atoms with Crippen molar-refractivity contribution in [2.24, 2.45) is 0 Å². The zero-order chi connectivity index (χ0) is 18.5. The Kier molecular flexibility index (Phi) is 3.99. The summed E-state index contributed by atoms with van der Waals surface area (Å²) in [6, 6.07) is 18.1. The molecule has 0 fully saturated rings. The van der Waals surface area contributed by atoms with Gasteiger partial charge in [-0.2, -0.15) is 0 Å². The number of carbonyl (C=O) groups is 1. The molecule has 1 unspecified atom stereocenters. The van der Waals surface area contributed by atoms with Crippen molar-refractivity contribution < 1.29 is 4.79 Å². The minimum atomic E-state index is -0.181. The van der Waals surface area contributed by atoms with Crippen LogP contribution in [-0.2, 0) is 4.79 Å². The van der Waals surface area contributed by atoms with Crippen LogP contribution < -0.4 is 5.32 Å². The van der Waals surface area contributed by atoms with Gasteiger partial charge in [-0.25, -0.2) is 0 Å². The number of hydrogen-bond donors (Lipinski definition) is 1. The smallest absolute Gasteiger partial charge is 0.161 e. The lowest BCUT2D eigenvalue weighted by Gasteiger charge is -2.35. The molecule has 2 nitrogen and oxygen atoms in total. The number of benzene rings is 3. The first-order valence-electron chi connectivity index (χ1n) is 9.13. The fourth-order valence-corrected chi connectivity index (χ4v) is 4.92. The Bertz CT molecular complexity index is 1130. The molecule has 27 heavy (non-hydrogen) atoms. The molecule has 2 aliphatic rings. The van der Waals surface area contributed by atoms with E-state index < -0.39 is 0 Å². The molecule has 1 aliphatic heterocycles. The van der Waals surface area contributed by atoms with E-state index in [1.165, 1.54) is 0 Å². The lowest BCUT2D eigenvalue weighted by atomic mass is 9.74. The quantitative estimate of drug-likeness (QED) is 0.497. The van der Waals surface area contributed by atoms with Gasteiger partial charge in [-0.05, 0) is 52.9 Å². The van der Waals surface area contributed by atoms with Crippen LogP contribution >= 0.6 is 23.2 Å². The summed E-state index contributed by atoms with van der Waals surface area (Å²) >= 11 is 12.8. The molecule has 1 aliphatic carbocycles. The summed E-state index contributed by atoms with van der Waals surface area (Å²) in [5.41, 5.74) is 4.99. The van der Waals surface area contributed by atoms with Crippen molar-refractivity contribution >= 4 is 45.4 Å². The summed E-state index contributed by atoms with van der Waals surface area (Å²) in [5, 5.41) is 7.03. The lowest BCUT2D eigenvalue weighted by molar-refractivity contribution is -0.116. The molecule has 1 N–H and O–H groups in total. The van der Waals surface area contributed by atoms with E-state index in [-0.39, 0.29) is 11.7 Å². The van der Waals surface area contributed by atoms with Crippen molar-refractivity contribution in [3.63, 3.8) is 0 Å². The maximum absolute atomic E-state index is 13.0. The molecular formula is C23H17Cl2NO. The maximum Gasteiger partial charge on any atom is 0.161 e. The molecule has 1 heterocycles. The van der Waals surface area contributed by atoms with Gasteiger partial charge in [0.1, 0.15) is 0 Å². The van der Waals surface area contributed by atoms with Gasteiger partial charge in [-0.1, -0.05) is 59.6 Å². The van der Waals surface area contributed by atoms with Gasteiger partial charge in [-0.15, -0.1) is 0 Å². The second-order valence-corrected chi connectivity index (χ2v) is 7.98. The van der Waals surface area contributed by atoms with E-state index in [2.05, 4.69) is 29.6 Å². The van der Waals surface area contributed by atoms with E-state index in [1.54, 1.807) is 6.07 Å². The zero-order valence-corrected chi connectivity index (χ0v) is 16.1. The highest BCUT2D eigenvalue weighted by Crippen LogP contribution is 2.49. The van der Waals surface area contributed by atoms with Crippen LogP contribution in [0.3, 0.4) is 0 Å². The third-order valence-corrected chi connectivity index (χ3v) is 6.13. The van der Waals surface area contributed by atoms with Gasteiger partial charge >= 0.3 is 0 Å². The molecule has 0 saturated heterocycles. The van der Waals surface area contributed by atoms with Crippen molar-refractivity contribution in [1.82, 2.24) is 0 Å². The first kappa shape index (κ1) is 16.9. The predicted octanol–water partition coefficient (Wildman–Crippen LogP) is 6.71. The van der Waals surface area contributed by atoms with E-state index in [0.717, 1.165) is 51.7 Å². The Hall–Kier alpha value is -2.29. The fraction of sp³-hybridized carbons (Fsp3) is 0.174. The molecule has 0 saturated carbocycles. The summed E-state index contributed by atoms with van der Waals surface area (Å²) in [7, 11) is 0. The van der Waals surface area contributed by atoms with E-state index in [4.69, 9.17) is 23.2 Å². The van der Waals surface area contributed by atoms with Crippen molar-refractivity contribution in [2.45, 2.75) is 25.2 Å². The molecule has 0 aromatic heterocycles. The third-order valence-electron chi connectivity index (χ3n) is 5.56. The minimum absolute atomic E-state index is 0.181. The number of fused-ring (bicyclic) bond motifs is 3. The molecule has 1 atom stereocenters. The Labute approximate surface area is 167 Å². The van der Waals surface area contributed by atoms with Gasteiger partial charge in [0.25, 0.3) is 0 Å². The highest BCUT2D eigenvalue weighted by atomic mass is 35.5. The lowest BCUT2D eigenvalue weighted by Crippen LogP contribution is -2.27. The van der Waals surface area contributed by atoms with Gasteiger partial charge in [-0.3, -0.25) is 4.79 Å². The molecule has 134 valence electrons. The standard InChI is InChI=1S/C23H17Cl2NO/c24-14-9-10-16(17(25)12-14)22-21-15-5-2-1-4-13(15)8-11-19(21)26-18-6-3-7-20(27)23(18)22/h1-2,4-5,8-12,22,26H,3,6-7H2. The molecular weight excluding hydrogens is 377 g/mol. The Balaban J connectivity index is 1.86. The zero-order valence-electron chi connectivity index (χ0n) is 14.6. The van der Waals surface area contributed by atoms with E-state index in [9.17, 15) is 4.79 Å². The Morgan fingerprint density at radius 3 is 2.67 bits per heavy atom. The highest BCUT2D eigenvalue weighted by Gasteiger charge is 2.36. The third kappa shape index (κ3) is 2.67. The van der Waals surface area contributed by atoms with Crippen LogP contribution in [-0.4, -0.2) is 5.78 Å². The van der Waals surface area contributed by atoms with Crippen LogP contribution in [0.15, 0.2) is 65.9 Å². The molecule has 0 spiro atoms. The first-order valence-corrected chi connectivity index (χ1v) is 9.89. The average Bonchev–Trinajstić information content (AvgIpc) is 2.67. The van der Waals surface area contributed by atoms with Gasteiger partial charge in [0.2, 0.25) is 0 Å². The Morgan fingerprint density at radius 2 is 1.81 bits per heavy atom. The summed E-state index contributed by atoms with van der Waals surface area (Å²) in [6.07, 6.45) is 2.35. The highest BCUT2D eigenvalue weighted by molar-refractivity contribution is 6.35. The molecule has 5 rings (SSSR count). The topological polar surface area (TPSA) is 29.1 Å². The molecule has 0 bridgehead atoms.